The van der Waals surface area contributed by atoms with E-state index < -0.39 is 0 Å². The third kappa shape index (κ3) is 3.88. The smallest absolute Gasteiger partial charge is 0.237 e. The predicted octanol–water partition coefficient (Wildman–Crippen LogP) is 0.625. The highest BCUT2D eigenvalue weighted by atomic mass is 16.5. The fourth-order valence-corrected chi connectivity index (χ4v) is 3.47. The number of amides is 1. The molecule has 0 radical (unpaired) electrons. The number of β-amino-alcohol motifs (C(OH)–C–C–N with tert-alkyl or cyclic N) is 1. The lowest BCUT2D eigenvalue weighted by atomic mass is 10.00. The van der Waals surface area contributed by atoms with Crippen molar-refractivity contribution in [3.05, 3.63) is 29.8 Å². The minimum atomic E-state index is -0.142. The number of carbonyl (C=O) groups is 1. The van der Waals surface area contributed by atoms with Crippen molar-refractivity contribution < 1.29 is 14.6 Å². The average Bonchev–Trinajstić information content (AvgIpc) is 2.62. The predicted molar refractivity (Wildman–Crippen MR) is 92.0 cm³/mol. The Bertz CT molecular complexity index is 558. The van der Waals surface area contributed by atoms with Gasteiger partial charge in [0.15, 0.2) is 0 Å². The summed E-state index contributed by atoms with van der Waals surface area (Å²) < 4.78 is 5.66. The number of para-hydroxylation sites is 1. The van der Waals surface area contributed by atoms with Gasteiger partial charge in [-0.05, 0) is 13.0 Å². The van der Waals surface area contributed by atoms with Gasteiger partial charge in [-0.3, -0.25) is 14.6 Å². The second kappa shape index (κ2) is 7.96. The first kappa shape index (κ1) is 17.2. The summed E-state index contributed by atoms with van der Waals surface area (Å²) >= 11 is 0. The van der Waals surface area contributed by atoms with Crippen molar-refractivity contribution in [2.75, 3.05) is 45.9 Å². The zero-order valence-corrected chi connectivity index (χ0v) is 14.3. The van der Waals surface area contributed by atoms with Crippen LogP contribution in [-0.4, -0.2) is 72.8 Å². The fourth-order valence-electron chi connectivity index (χ4n) is 3.47. The Kier molecular flexibility index (Phi) is 5.71. The zero-order chi connectivity index (χ0) is 16.9. The van der Waals surface area contributed by atoms with Gasteiger partial charge in [-0.2, -0.15) is 0 Å². The van der Waals surface area contributed by atoms with Gasteiger partial charge < -0.3 is 15.2 Å². The largest absolute Gasteiger partial charge is 0.493 e. The van der Waals surface area contributed by atoms with Crippen molar-refractivity contribution >= 4 is 5.91 Å². The first-order valence-corrected chi connectivity index (χ1v) is 8.78. The van der Waals surface area contributed by atoms with Crippen LogP contribution >= 0.6 is 0 Å². The summed E-state index contributed by atoms with van der Waals surface area (Å²) in [7, 11) is 0. The van der Waals surface area contributed by atoms with Crippen LogP contribution in [-0.2, 0) is 4.79 Å². The summed E-state index contributed by atoms with van der Waals surface area (Å²) in [5, 5.41) is 12.2. The Morgan fingerprint density at radius 2 is 2.08 bits per heavy atom. The maximum Gasteiger partial charge on any atom is 0.237 e. The van der Waals surface area contributed by atoms with E-state index in [1.165, 1.54) is 0 Å². The summed E-state index contributed by atoms with van der Waals surface area (Å²) in [5.41, 5.74) is 1.07. The van der Waals surface area contributed by atoms with Crippen LogP contribution in [0.5, 0.6) is 5.75 Å². The molecule has 2 N–H and O–H groups in total. The Labute approximate surface area is 143 Å². The summed E-state index contributed by atoms with van der Waals surface area (Å²) in [6.07, 6.45) is 0.805. The van der Waals surface area contributed by atoms with E-state index in [-0.39, 0.29) is 24.6 Å². The molecule has 1 saturated heterocycles. The van der Waals surface area contributed by atoms with Gasteiger partial charge in [0.05, 0.1) is 25.3 Å². The van der Waals surface area contributed by atoms with E-state index in [9.17, 15) is 4.79 Å². The number of nitrogens with zero attached hydrogens (tertiary/aromatic N) is 2. The Hall–Kier alpha value is -1.63. The molecule has 3 rings (SSSR count). The third-order valence-corrected chi connectivity index (χ3v) is 5.03. The summed E-state index contributed by atoms with van der Waals surface area (Å²) in [4.78, 5) is 17.1. The highest BCUT2D eigenvalue weighted by Gasteiger charge is 2.29. The number of aliphatic hydroxyl groups excluding tert-OH is 1. The van der Waals surface area contributed by atoms with E-state index in [2.05, 4.69) is 15.1 Å². The number of carbonyl (C=O) groups excluding carboxylic acids is 1. The normalized spacial score (nSPS) is 23.2. The molecule has 1 amide bonds. The molecule has 0 aliphatic carbocycles. The standard InChI is InChI=1S/C18H27N3O3/c1-14(21-9-7-20(8-10-21)11-12-22)18(23)19-16-6-13-24-17-5-3-2-4-15(16)17/h2-5,14,16,22H,6-13H2,1H3,(H,19,23). The molecule has 132 valence electrons. The molecule has 2 heterocycles. The van der Waals surface area contributed by atoms with Gasteiger partial charge in [-0.1, -0.05) is 18.2 Å². The van der Waals surface area contributed by atoms with Crippen LogP contribution in [0.15, 0.2) is 24.3 Å². The van der Waals surface area contributed by atoms with Gasteiger partial charge in [-0.25, -0.2) is 0 Å². The van der Waals surface area contributed by atoms with Crippen molar-refractivity contribution in [2.24, 2.45) is 0 Å². The van der Waals surface area contributed by atoms with Gasteiger partial charge in [0.1, 0.15) is 5.75 Å². The monoisotopic (exact) mass is 333 g/mol. The van der Waals surface area contributed by atoms with E-state index in [0.717, 1.165) is 43.9 Å². The van der Waals surface area contributed by atoms with Crippen LogP contribution in [0.1, 0.15) is 24.9 Å². The van der Waals surface area contributed by atoms with E-state index in [1.54, 1.807) is 0 Å². The van der Waals surface area contributed by atoms with Crippen molar-refractivity contribution in [1.29, 1.82) is 0 Å². The number of piperazine rings is 1. The number of benzene rings is 1. The first-order chi connectivity index (χ1) is 11.7. The van der Waals surface area contributed by atoms with Gasteiger partial charge >= 0.3 is 0 Å². The number of hydrogen-bond acceptors (Lipinski definition) is 5. The summed E-state index contributed by atoms with van der Waals surface area (Å²) in [6.45, 7) is 7.04. The quantitative estimate of drug-likeness (QED) is 0.827. The highest BCUT2D eigenvalue weighted by molar-refractivity contribution is 5.82. The van der Waals surface area contributed by atoms with Crippen molar-refractivity contribution in [2.45, 2.75) is 25.4 Å². The van der Waals surface area contributed by atoms with Gasteiger partial charge in [-0.15, -0.1) is 0 Å². The lowest BCUT2D eigenvalue weighted by molar-refractivity contribution is -0.127. The van der Waals surface area contributed by atoms with Crippen molar-refractivity contribution in [3.8, 4) is 5.75 Å². The van der Waals surface area contributed by atoms with Gasteiger partial charge in [0.25, 0.3) is 0 Å². The van der Waals surface area contributed by atoms with Crippen LogP contribution in [0.2, 0.25) is 0 Å². The maximum absolute atomic E-state index is 12.7. The minimum absolute atomic E-state index is 0.0283. The fraction of sp³-hybridized carbons (Fsp3) is 0.611. The highest BCUT2D eigenvalue weighted by Crippen LogP contribution is 2.31. The number of fused-ring (bicyclic) bond motifs is 1. The minimum Gasteiger partial charge on any atom is -0.493 e. The number of nitrogens with one attached hydrogen (secondary N) is 1. The molecule has 2 aliphatic heterocycles. The molecule has 0 bridgehead atoms. The summed E-state index contributed by atoms with van der Waals surface area (Å²) in [6, 6.07) is 7.81. The molecule has 1 fully saturated rings. The number of aliphatic hydroxyl groups is 1. The van der Waals surface area contributed by atoms with Crippen LogP contribution in [0, 0.1) is 0 Å². The number of hydrogen-bond donors (Lipinski definition) is 2. The molecule has 2 unspecified atom stereocenters. The Morgan fingerprint density at radius 3 is 2.83 bits per heavy atom. The van der Waals surface area contributed by atoms with Crippen molar-refractivity contribution in [3.63, 3.8) is 0 Å². The lowest BCUT2D eigenvalue weighted by Crippen LogP contribution is -2.54. The molecular formula is C18H27N3O3. The SMILES string of the molecule is CC(C(=O)NC1CCOc2ccccc21)N1CCN(CCO)CC1. The average molecular weight is 333 g/mol. The molecule has 6 heteroatoms. The zero-order valence-electron chi connectivity index (χ0n) is 14.3. The van der Waals surface area contributed by atoms with Crippen LogP contribution in [0.25, 0.3) is 0 Å². The van der Waals surface area contributed by atoms with E-state index >= 15 is 0 Å². The second-order valence-electron chi connectivity index (χ2n) is 6.51. The molecule has 0 saturated carbocycles. The molecule has 24 heavy (non-hydrogen) atoms. The maximum atomic E-state index is 12.7. The molecule has 0 spiro atoms. The molecule has 1 aromatic carbocycles. The van der Waals surface area contributed by atoms with Crippen LogP contribution in [0.3, 0.4) is 0 Å². The first-order valence-electron chi connectivity index (χ1n) is 8.78. The number of rotatable bonds is 5. The molecular weight excluding hydrogens is 306 g/mol. The van der Waals surface area contributed by atoms with Gasteiger partial charge in [0.2, 0.25) is 5.91 Å². The Balaban J connectivity index is 1.56. The summed E-state index contributed by atoms with van der Waals surface area (Å²) in [5.74, 6) is 0.951. The third-order valence-electron chi connectivity index (χ3n) is 5.03. The van der Waals surface area contributed by atoms with E-state index in [1.807, 2.05) is 31.2 Å². The Morgan fingerprint density at radius 1 is 1.33 bits per heavy atom. The van der Waals surface area contributed by atoms with Gasteiger partial charge in [0, 0.05) is 44.7 Å². The molecule has 6 nitrogen and oxygen atoms in total. The van der Waals surface area contributed by atoms with Crippen LogP contribution in [0.4, 0.5) is 0 Å². The molecule has 1 aromatic rings. The molecule has 2 atom stereocenters. The van der Waals surface area contributed by atoms with Crippen LogP contribution < -0.4 is 10.1 Å². The number of ether oxygens (including phenoxy) is 1. The van der Waals surface area contributed by atoms with E-state index in [4.69, 9.17) is 9.84 Å². The lowest BCUT2D eigenvalue weighted by Gasteiger charge is -2.37. The second-order valence-corrected chi connectivity index (χ2v) is 6.51. The van der Waals surface area contributed by atoms with E-state index in [0.29, 0.717) is 13.2 Å². The topological polar surface area (TPSA) is 65.0 Å². The molecule has 2 aliphatic rings. The van der Waals surface area contributed by atoms with Crippen molar-refractivity contribution in [1.82, 2.24) is 15.1 Å². The molecule has 0 aromatic heterocycles.